The van der Waals surface area contributed by atoms with Gasteiger partial charge in [0.25, 0.3) is 0 Å². The Hall–Kier alpha value is -0.840. The molecule has 4 heteroatoms. The van der Waals surface area contributed by atoms with Crippen molar-refractivity contribution in [2.24, 2.45) is 0 Å². The molecule has 0 bridgehead atoms. The number of halogens is 2. The molecule has 104 valence electrons. The Morgan fingerprint density at radius 1 is 1.30 bits per heavy atom. The van der Waals surface area contributed by atoms with Gasteiger partial charge in [0.2, 0.25) is 0 Å². The molecule has 1 nitrogen and oxygen atoms in total. The summed E-state index contributed by atoms with van der Waals surface area (Å²) in [5, 5.41) is 10.6. The van der Waals surface area contributed by atoms with Gasteiger partial charge < -0.3 is 5.11 Å². The zero-order valence-electron chi connectivity index (χ0n) is 10.7. The van der Waals surface area contributed by atoms with Crippen LogP contribution in [0.5, 0.6) is 0 Å². The third kappa shape index (κ3) is 2.92. The summed E-state index contributed by atoms with van der Waals surface area (Å²) in [6.45, 7) is 0. The van der Waals surface area contributed by atoms with Crippen molar-refractivity contribution in [3.8, 4) is 0 Å². The van der Waals surface area contributed by atoms with Crippen LogP contribution in [0.2, 0.25) is 0 Å². The van der Waals surface area contributed by atoms with Crippen molar-refractivity contribution in [1.29, 1.82) is 0 Å². The summed E-state index contributed by atoms with van der Waals surface area (Å²) in [5.74, 6) is -0.266. The number of rotatable bonds is 3. The summed E-state index contributed by atoms with van der Waals surface area (Å²) in [7, 11) is 0. The molecule has 1 aliphatic heterocycles. The molecular formula is C16H14BrFOS. The maximum atomic E-state index is 13.1. The molecule has 1 heterocycles. The summed E-state index contributed by atoms with van der Waals surface area (Å²) in [4.78, 5) is 1.26. The van der Waals surface area contributed by atoms with Crippen LogP contribution in [0.25, 0.3) is 0 Å². The Balaban J connectivity index is 1.70. The van der Waals surface area contributed by atoms with Crippen LogP contribution in [0.1, 0.15) is 11.1 Å². The normalized spacial score (nSPS) is 18.9. The number of thioether (sulfide) groups is 1. The van der Waals surface area contributed by atoms with E-state index in [9.17, 15) is 9.50 Å². The maximum absolute atomic E-state index is 13.1. The number of hydrogen-bond acceptors (Lipinski definition) is 2. The summed E-state index contributed by atoms with van der Waals surface area (Å²) >= 11 is 5.09. The summed E-state index contributed by atoms with van der Waals surface area (Å²) in [5.41, 5.74) is 2.25. The Kier molecular flexibility index (Phi) is 4.15. The van der Waals surface area contributed by atoms with Crippen molar-refractivity contribution in [3.05, 3.63) is 63.9 Å². The van der Waals surface area contributed by atoms with Gasteiger partial charge in [-0.05, 0) is 35.7 Å². The van der Waals surface area contributed by atoms with Gasteiger partial charge in [0, 0.05) is 21.0 Å². The fourth-order valence-corrected chi connectivity index (χ4v) is 4.28. The zero-order valence-corrected chi connectivity index (χ0v) is 13.1. The third-order valence-electron chi connectivity index (χ3n) is 3.55. The molecule has 0 saturated heterocycles. The number of aliphatic hydroxyl groups is 1. The van der Waals surface area contributed by atoms with Gasteiger partial charge in [-0.1, -0.05) is 40.2 Å². The monoisotopic (exact) mass is 352 g/mol. The molecule has 1 N–H and O–H groups in total. The average Bonchev–Trinajstić information content (AvgIpc) is 2.86. The van der Waals surface area contributed by atoms with E-state index in [0.717, 1.165) is 16.5 Å². The van der Waals surface area contributed by atoms with Gasteiger partial charge in [-0.25, -0.2) is 4.39 Å². The van der Waals surface area contributed by atoms with Crippen LogP contribution in [-0.4, -0.2) is 16.5 Å². The minimum atomic E-state index is -0.436. The number of aliphatic hydroxyl groups excluding tert-OH is 1. The molecule has 0 saturated carbocycles. The minimum Gasteiger partial charge on any atom is -0.392 e. The first-order valence-corrected chi connectivity index (χ1v) is 8.17. The topological polar surface area (TPSA) is 20.2 Å². The van der Waals surface area contributed by atoms with Crippen molar-refractivity contribution in [3.63, 3.8) is 0 Å². The van der Waals surface area contributed by atoms with Gasteiger partial charge in [0.1, 0.15) is 5.82 Å². The van der Waals surface area contributed by atoms with E-state index >= 15 is 0 Å². The van der Waals surface area contributed by atoms with E-state index in [4.69, 9.17) is 0 Å². The van der Waals surface area contributed by atoms with Crippen LogP contribution in [0.3, 0.4) is 0 Å². The average molecular weight is 353 g/mol. The second kappa shape index (κ2) is 5.88. The van der Waals surface area contributed by atoms with Gasteiger partial charge in [-0.3, -0.25) is 0 Å². The highest BCUT2D eigenvalue weighted by Gasteiger charge is 2.28. The van der Waals surface area contributed by atoms with Gasteiger partial charge >= 0.3 is 0 Å². The zero-order chi connectivity index (χ0) is 14.1. The second-order valence-corrected chi connectivity index (χ2v) is 7.11. The minimum absolute atomic E-state index is 0.171. The Labute approximate surface area is 130 Å². The molecule has 2 aromatic carbocycles. The standard InChI is InChI=1S/C16H14BrFOS/c17-13-9-12(18)6-5-10(13)7-14(19)16-8-11-3-1-2-4-15(11)20-16/h1-6,9,14,16,19H,7-8H2. The summed E-state index contributed by atoms with van der Waals surface area (Å²) in [6.07, 6.45) is 0.988. The smallest absolute Gasteiger partial charge is 0.124 e. The van der Waals surface area contributed by atoms with Gasteiger partial charge in [-0.2, -0.15) is 0 Å². The van der Waals surface area contributed by atoms with Crippen LogP contribution < -0.4 is 0 Å². The van der Waals surface area contributed by atoms with Crippen LogP contribution in [0.15, 0.2) is 51.8 Å². The molecule has 2 unspecified atom stereocenters. The lowest BCUT2D eigenvalue weighted by molar-refractivity contribution is 0.172. The molecule has 2 atom stereocenters. The fourth-order valence-electron chi connectivity index (χ4n) is 2.47. The number of hydrogen-bond donors (Lipinski definition) is 1. The molecule has 0 amide bonds. The molecule has 0 spiro atoms. The highest BCUT2D eigenvalue weighted by Crippen LogP contribution is 2.39. The Morgan fingerprint density at radius 2 is 2.10 bits per heavy atom. The quantitative estimate of drug-likeness (QED) is 0.892. The molecule has 1 aliphatic rings. The van der Waals surface area contributed by atoms with Crippen molar-refractivity contribution >= 4 is 27.7 Å². The Bertz CT molecular complexity index is 607. The van der Waals surface area contributed by atoms with Crippen molar-refractivity contribution in [2.75, 3.05) is 0 Å². The van der Waals surface area contributed by atoms with Gasteiger partial charge in [-0.15, -0.1) is 11.8 Å². The van der Waals surface area contributed by atoms with Crippen molar-refractivity contribution < 1.29 is 9.50 Å². The molecule has 0 radical (unpaired) electrons. The largest absolute Gasteiger partial charge is 0.392 e. The van der Waals surface area contributed by atoms with E-state index in [0.29, 0.717) is 6.42 Å². The predicted octanol–water partition coefficient (Wildman–Crippen LogP) is 4.21. The Morgan fingerprint density at radius 3 is 2.85 bits per heavy atom. The van der Waals surface area contributed by atoms with E-state index in [1.54, 1.807) is 17.8 Å². The summed E-state index contributed by atoms with van der Waals surface area (Å²) < 4.78 is 13.8. The van der Waals surface area contributed by atoms with Crippen LogP contribution >= 0.6 is 27.7 Å². The lowest BCUT2D eigenvalue weighted by atomic mass is 10.0. The lowest BCUT2D eigenvalue weighted by Gasteiger charge is -2.17. The highest BCUT2D eigenvalue weighted by molar-refractivity contribution is 9.10. The predicted molar refractivity (Wildman–Crippen MR) is 83.6 cm³/mol. The lowest BCUT2D eigenvalue weighted by Crippen LogP contribution is -2.25. The van der Waals surface area contributed by atoms with Crippen molar-refractivity contribution in [2.45, 2.75) is 29.1 Å². The highest BCUT2D eigenvalue weighted by atomic mass is 79.9. The summed E-state index contributed by atoms with van der Waals surface area (Å²) in [6, 6.07) is 12.9. The molecular weight excluding hydrogens is 339 g/mol. The maximum Gasteiger partial charge on any atom is 0.124 e. The van der Waals surface area contributed by atoms with E-state index in [-0.39, 0.29) is 11.1 Å². The first-order valence-electron chi connectivity index (χ1n) is 6.50. The molecule has 0 aliphatic carbocycles. The molecule has 2 aromatic rings. The SMILES string of the molecule is OC(Cc1ccc(F)cc1Br)C1Cc2ccccc2S1. The van der Waals surface area contributed by atoms with Crippen molar-refractivity contribution in [1.82, 2.24) is 0 Å². The van der Waals surface area contributed by atoms with Crippen LogP contribution in [0, 0.1) is 5.82 Å². The van der Waals surface area contributed by atoms with Crippen LogP contribution in [-0.2, 0) is 12.8 Å². The van der Waals surface area contributed by atoms with E-state index < -0.39 is 6.10 Å². The first kappa shape index (κ1) is 14.1. The first-order chi connectivity index (χ1) is 9.63. The van der Waals surface area contributed by atoms with E-state index in [2.05, 4.69) is 28.1 Å². The van der Waals surface area contributed by atoms with Crippen LogP contribution in [0.4, 0.5) is 4.39 Å². The molecule has 0 fully saturated rings. The number of benzene rings is 2. The fraction of sp³-hybridized carbons (Fsp3) is 0.250. The van der Waals surface area contributed by atoms with E-state index in [1.807, 2.05) is 12.1 Å². The molecule has 0 aromatic heterocycles. The second-order valence-electron chi connectivity index (χ2n) is 4.98. The molecule has 3 rings (SSSR count). The third-order valence-corrected chi connectivity index (χ3v) is 5.72. The molecule has 20 heavy (non-hydrogen) atoms. The van der Waals surface area contributed by atoms with Gasteiger partial charge in [0.05, 0.1) is 6.10 Å². The number of fused-ring (bicyclic) bond motifs is 1. The van der Waals surface area contributed by atoms with E-state index in [1.165, 1.54) is 22.6 Å². The van der Waals surface area contributed by atoms with Gasteiger partial charge in [0.15, 0.2) is 0 Å².